The molecule has 1 heterocycles. The average Bonchev–Trinajstić information content (AvgIpc) is 3.04. The Morgan fingerprint density at radius 2 is 1.61 bits per heavy atom. The Hall–Kier alpha value is -3.28. The molecule has 4 aromatic carbocycles. The van der Waals surface area contributed by atoms with Gasteiger partial charge in [0.05, 0.1) is 18.7 Å². The number of Topliss-reactive ketones (excluding diaryl/α,β-unsaturated/α-hetero) is 1. The molecular formula is C31H28BrNO3. The molecule has 1 atom stereocenters. The van der Waals surface area contributed by atoms with Crippen molar-refractivity contribution in [3.8, 4) is 0 Å². The van der Waals surface area contributed by atoms with Gasteiger partial charge in [-0.25, -0.2) is 0 Å². The summed E-state index contributed by atoms with van der Waals surface area (Å²) in [5, 5.41) is 13.9. The molecule has 36 heavy (non-hydrogen) atoms. The molecule has 5 rings (SSSR count). The van der Waals surface area contributed by atoms with E-state index in [4.69, 9.17) is 0 Å². The summed E-state index contributed by atoms with van der Waals surface area (Å²) in [6.45, 7) is 6.64. The first-order valence-electron chi connectivity index (χ1n) is 12.0. The van der Waals surface area contributed by atoms with Gasteiger partial charge in [-0.3, -0.25) is 9.59 Å². The Bertz CT molecular complexity index is 1490. The fraction of sp³-hybridized carbons (Fsp3) is 0.226. The van der Waals surface area contributed by atoms with Crippen molar-refractivity contribution < 1.29 is 14.7 Å². The largest absolute Gasteiger partial charge is 0.375 e. The number of anilines is 1. The van der Waals surface area contributed by atoms with Crippen LogP contribution in [0.4, 0.5) is 5.69 Å². The van der Waals surface area contributed by atoms with Gasteiger partial charge in [0.2, 0.25) is 0 Å². The Balaban J connectivity index is 1.47. The van der Waals surface area contributed by atoms with E-state index in [-0.39, 0.29) is 17.6 Å². The summed E-state index contributed by atoms with van der Waals surface area (Å²) >= 11 is 3.46. The van der Waals surface area contributed by atoms with E-state index in [1.807, 2.05) is 60.7 Å². The molecular weight excluding hydrogens is 514 g/mol. The predicted molar refractivity (Wildman–Crippen MR) is 147 cm³/mol. The maximum Gasteiger partial charge on any atom is 0.264 e. The maximum atomic E-state index is 13.7. The molecule has 1 amide bonds. The number of nitrogens with zero attached hydrogens (tertiary/aromatic N) is 1. The van der Waals surface area contributed by atoms with Crippen LogP contribution in [0.3, 0.4) is 0 Å². The molecule has 1 unspecified atom stereocenters. The highest BCUT2D eigenvalue weighted by atomic mass is 79.9. The lowest BCUT2D eigenvalue weighted by Crippen LogP contribution is -2.41. The zero-order valence-corrected chi connectivity index (χ0v) is 22.2. The number of hydrogen-bond donors (Lipinski definition) is 1. The van der Waals surface area contributed by atoms with Crippen molar-refractivity contribution in [1.29, 1.82) is 0 Å². The summed E-state index contributed by atoms with van der Waals surface area (Å²) in [5.41, 5.74) is 1.64. The third-order valence-electron chi connectivity index (χ3n) is 6.94. The van der Waals surface area contributed by atoms with Crippen molar-refractivity contribution in [3.05, 3.63) is 112 Å². The van der Waals surface area contributed by atoms with Crippen LogP contribution < -0.4 is 4.90 Å². The molecule has 1 N–H and O–H groups in total. The van der Waals surface area contributed by atoms with Crippen molar-refractivity contribution in [2.24, 2.45) is 0 Å². The Morgan fingerprint density at radius 1 is 0.917 bits per heavy atom. The van der Waals surface area contributed by atoms with Gasteiger partial charge < -0.3 is 10.0 Å². The van der Waals surface area contributed by atoms with Crippen molar-refractivity contribution in [2.75, 3.05) is 4.90 Å². The fourth-order valence-electron chi connectivity index (χ4n) is 4.86. The third kappa shape index (κ3) is 4.38. The number of fused-ring (bicyclic) bond motifs is 2. The van der Waals surface area contributed by atoms with Gasteiger partial charge in [-0.2, -0.15) is 0 Å². The van der Waals surface area contributed by atoms with E-state index in [0.29, 0.717) is 23.4 Å². The third-order valence-corrected chi connectivity index (χ3v) is 7.43. The van der Waals surface area contributed by atoms with E-state index in [0.717, 1.165) is 26.4 Å². The monoisotopic (exact) mass is 541 g/mol. The summed E-state index contributed by atoms with van der Waals surface area (Å²) in [6, 6.07) is 27.0. The van der Waals surface area contributed by atoms with E-state index in [1.165, 1.54) is 0 Å². The molecule has 0 saturated carbocycles. The molecule has 0 spiro atoms. The van der Waals surface area contributed by atoms with Crippen LogP contribution in [0.1, 0.15) is 54.2 Å². The first kappa shape index (κ1) is 24.4. The topological polar surface area (TPSA) is 57.6 Å². The minimum atomic E-state index is -1.93. The van der Waals surface area contributed by atoms with Crippen LogP contribution in [-0.2, 0) is 22.4 Å². The quantitative estimate of drug-likeness (QED) is 0.279. The smallest absolute Gasteiger partial charge is 0.264 e. The number of benzene rings is 4. The zero-order valence-electron chi connectivity index (χ0n) is 20.6. The van der Waals surface area contributed by atoms with Crippen LogP contribution in [0.15, 0.2) is 89.4 Å². The molecule has 0 fully saturated rings. The molecule has 4 nitrogen and oxygen atoms in total. The molecule has 0 aliphatic carbocycles. The van der Waals surface area contributed by atoms with Gasteiger partial charge >= 0.3 is 0 Å². The van der Waals surface area contributed by atoms with Crippen molar-refractivity contribution >= 4 is 44.1 Å². The molecule has 1 aliphatic rings. The molecule has 0 radical (unpaired) electrons. The van der Waals surface area contributed by atoms with Crippen molar-refractivity contribution in [2.45, 2.75) is 44.8 Å². The first-order chi connectivity index (χ1) is 17.1. The molecule has 1 aliphatic heterocycles. The maximum absolute atomic E-state index is 13.7. The number of halogens is 1. The van der Waals surface area contributed by atoms with E-state index < -0.39 is 11.5 Å². The van der Waals surface area contributed by atoms with Gasteiger partial charge in [0, 0.05) is 15.6 Å². The summed E-state index contributed by atoms with van der Waals surface area (Å²) in [7, 11) is 0. The van der Waals surface area contributed by atoms with Gasteiger partial charge in [-0.05, 0) is 51.6 Å². The fourth-order valence-corrected chi connectivity index (χ4v) is 5.22. The summed E-state index contributed by atoms with van der Waals surface area (Å²) in [5.74, 6) is -0.756. The van der Waals surface area contributed by atoms with Gasteiger partial charge in [-0.1, -0.05) is 97.4 Å². The second-order valence-corrected chi connectivity index (χ2v) is 11.4. The van der Waals surface area contributed by atoms with Crippen LogP contribution in [0.25, 0.3) is 10.8 Å². The standard InChI is InChI=1S/C31H28BrNO3/c1-30(2,3)24-12-10-22(11-13-24)28(34)18-31(36)26-17-25(32)14-15-27(26)33(29(31)35)19-20-8-9-21-6-4-5-7-23(21)16-20/h4-17,36H,18-19H2,1-3H3. The Labute approximate surface area is 219 Å². The van der Waals surface area contributed by atoms with Crippen molar-refractivity contribution in [3.63, 3.8) is 0 Å². The van der Waals surface area contributed by atoms with Crippen LogP contribution in [0, 0.1) is 0 Å². The van der Waals surface area contributed by atoms with E-state index in [2.05, 4.69) is 42.8 Å². The van der Waals surface area contributed by atoms with Crippen LogP contribution in [-0.4, -0.2) is 16.8 Å². The minimum absolute atomic E-state index is 0.0321. The SMILES string of the molecule is CC(C)(C)c1ccc(C(=O)CC2(O)C(=O)N(Cc3ccc4ccccc4c3)c3ccc(Br)cc32)cc1. The number of carbonyl (C=O) groups is 2. The Morgan fingerprint density at radius 3 is 2.31 bits per heavy atom. The molecule has 5 heteroatoms. The Kier molecular flexibility index (Phi) is 6.09. The molecule has 182 valence electrons. The number of ketones is 1. The van der Waals surface area contributed by atoms with E-state index in [9.17, 15) is 14.7 Å². The second kappa shape index (κ2) is 8.99. The van der Waals surface area contributed by atoms with E-state index >= 15 is 0 Å². The van der Waals surface area contributed by atoms with Crippen molar-refractivity contribution in [1.82, 2.24) is 0 Å². The first-order valence-corrected chi connectivity index (χ1v) is 12.8. The number of hydrogen-bond acceptors (Lipinski definition) is 3. The predicted octanol–water partition coefficient (Wildman–Crippen LogP) is 6.91. The number of carbonyl (C=O) groups excluding carboxylic acids is 2. The highest BCUT2D eigenvalue weighted by molar-refractivity contribution is 9.10. The minimum Gasteiger partial charge on any atom is -0.375 e. The lowest BCUT2D eigenvalue weighted by Gasteiger charge is -2.23. The van der Waals surface area contributed by atoms with Gasteiger partial charge in [0.1, 0.15) is 0 Å². The number of rotatable bonds is 5. The molecule has 4 aromatic rings. The molecule has 0 aromatic heterocycles. The van der Waals surface area contributed by atoms with E-state index in [1.54, 1.807) is 23.1 Å². The van der Waals surface area contributed by atoms with Gasteiger partial charge in [0.25, 0.3) is 5.91 Å². The molecule has 0 saturated heterocycles. The van der Waals surface area contributed by atoms with Crippen LogP contribution >= 0.6 is 15.9 Å². The highest BCUT2D eigenvalue weighted by Gasteiger charge is 2.51. The summed E-state index contributed by atoms with van der Waals surface area (Å²) < 4.78 is 0.738. The number of aliphatic hydroxyl groups is 1. The lowest BCUT2D eigenvalue weighted by molar-refractivity contribution is -0.136. The van der Waals surface area contributed by atoms with Gasteiger partial charge in [-0.15, -0.1) is 0 Å². The van der Waals surface area contributed by atoms with Gasteiger partial charge in [0.15, 0.2) is 11.4 Å². The summed E-state index contributed by atoms with van der Waals surface area (Å²) in [6.07, 6.45) is -0.321. The highest BCUT2D eigenvalue weighted by Crippen LogP contribution is 2.45. The zero-order chi connectivity index (χ0) is 25.7. The number of amides is 1. The van der Waals surface area contributed by atoms with Crippen LogP contribution in [0.2, 0.25) is 0 Å². The van der Waals surface area contributed by atoms with Crippen LogP contribution in [0.5, 0.6) is 0 Å². The average molecular weight is 542 g/mol. The molecule has 0 bridgehead atoms. The lowest BCUT2D eigenvalue weighted by atomic mass is 9.85. The second-order valence-electron chi connectivity index (χ2n) is 10.5. The summed E-state index contributed by atoms with van der Waals surface area (Å²) in [4.78, 5) is 28.6. The normalized spacial score (nSPS) is 17.5.